The standard InChI is InChI=1S/C34H32F6N2O3/c1-3-14-31(21-41)15-16-32(27-12-8-5-9-13-27,42(22-31)30(43)44-20-25-10-6-4-7-11-25)23-45-24(2)26-17-28(33(35,36)37)19-29(18-26)34(38,39)40/h3-13,17-19,24H,1,14-16,20,22-23H2,2H3/t24-,31?,32-/m1/s1. The summed E-state index contributed by atoms with van der Waals surface area (Å²) in [5.74, 6) is 0. The second kappa shape index (κ2) is 13.4. The van der Waals surface area contributed by atoms with Crippen molar-refractivity contribution < 1.29 is 40.6 Å². The molecule has 4 rings (SSSR count). The Labute approximate surface area is 257 Å². The molecule has 238 valence electrons. The van der Waals surface area contributed by atoms with E-state index in [0.717, 1.165) is 5.56 Å². The first-order valence-electron chi connectivity index (χ1n) is 14.2. The van der Waals surface area contributed by atoms with E-state index in [0.29, 0.717) is 24.1 Å². The topological polar surface area (TPSA) is 62.6 Å². The zero-order chi connectivity index (χ0) is 32.9. The van der Waals surface area contributed by atoms with E-state index in [1.54, 1.807) is 60.7 Å². The Bertz CT molecular complexity index is 1490. The van der Waals surface area contributed by atoms with Gasteiger partial charge in [0.25, 0.3) is 0 Å². The summed E-state index contributed by atoms with van der Waals surface area (Å²) in [5, 5.41) is 10.2. The molecule has 1 fully saturated rings. The monoisotopic (exact) mass is 630 g/mol. The first-order chi connectivity index (χ1) is 21.2. The third kappa shape index (κ3) is 7.68. The van der Waals surface area contributed by atoms with Crippen molar-refractivity contribution in [2.24, 2.45) is 5.41 Å². The van der Waals surface area contributed by atoms with E-state index in [2.05, 4.69) is 12.6 Å². The molecule has 11 heteroatoms. The summed E-state index contributed by atoms with van der Waals surface area (Å²) < 4.78 is 93.2. The molecular weight excluding hydrogens is 598 g/mol. The van der Waals surface area contributed by atoms with Gasteiger partial charge in [-0.1, -0.05) is 66.7 Å². The summed E-state index contributed by atoms with van der Waals surface area (Å²) in [6, 6.07) is 21.4. The Balaban J connectivity index is 1.73. The van der Waals surface area contributed by atoms with E-state index in [4.69, 9.17) is 9.47 Å². The van der Waals surface area contributed by atoms with Crippen LogP contribution in [0.2, 0.25) is 0 Å². The van der Waals surface area contributed by atoms with E-state index >= 15 is 0 Å². The molecule has 1 amide bonds. The fraction of sp³-hybridized carbons (Fsp3) is 0.353. The molecular formula is C34H32F6N2O3. The Morgan fingerprint density at radius 1 is 0.978 bits per heavy atom. The lowest BCUT2D eigenvalue weighted by Gasteiger charge is -2.51. The number of hydrogen-bond acceptors (Lipinski definition) is 4. The molecule has 1 unspecified atom stereocenters. The summed E-state index contributed by atoms with van der Waals surface area (Å²) in [7, 11) is 0. The van der Waals surface area contributed by atoms with Crippen LogP contribution in [-0.4, -0.2) is 24.1 Å². The van der Waals surface area contributed by atoms with Crippen molar-refractivity contribution in [2.75, 3.05) is 13.2 Å². The van der Waals surface area contributed by atoms with Crippen molar-refractivity contribution in [1.29, 1.82) is 5.26 Å². The molecule has 1 aliphatic rings. The largest absolute Gasteiger partial charge is 0.445 e. The highest BCUT2D eigenvalue weighted by Crippen LogP contribution is 2.47. The van der Waals surface area contributed by atoms with Crippen molar-refractivity contribution in [3.05, 3.63) is 119 Å². The molecule has 1 heterocycles. The molecule has 0 N–H and O–H groups in total. The predicted molar refractivity (Wildman–Crippen MR) is 154 cm³/mol. The molecule has 3 atom stereocenters. The van der Waals surface area contributed by atoms with Gasteiger partial charge in [0.1, 0.15) is 6.61 Å². The summed E-state index contributed by atoms with van der Waals surface area (Å²) in [4.78, 5) is 15.3. The lowest BCUT2D eigenvalue weighted by Crippen LogP contribution is -2.59. The van der Waals surface area contributed by atoms with Crippen LogP contribution in [0, 0.1) is 16.7 Å². The van der Waals surface area contributed by atoms with Crippen LogP contribution in [0.3, 0.4) is 0 Å². The second-order valence-electron chi connectivity index (χ2n) is 11.2. The molecule has 1 saturated heterocycles. The number of nitriles is 1. The first-order valence-corrected chi connectivity index (χ1v) is 14.2. The van der Waals surface area contributed by atoms with Gasteiger partial charge in [-0.25, -0.2) is 4.79 Å². The summed E-state index contributed by atoms with van der Waals surface area (Å²) >= 11 is 0. The van der Waals surface area contributed by atoms with Crippen LogP contribution in [0.4, 0.5) is 31.1 Å². The van der Waals surface area contributed by atoms with Gasteiger partial charge in [0.05, 0.1) is 40.9 Å². The van der Waals surface area contributed by atoms with E-state index in [9.17, 15) is 36.4 Å². The van der Waals surface area contributed by atoms with Crippen LogP contribution in [0.15, 0.2) is 91.5 Å². The van der Waals surface area contributed by atoms with Gasteiger partial charge in [-0.2, -0.15) is 31.6 Å². The maximum atomic E-state index is 13.9. The quantitative estimate of drug-likeness (QED) is 0.175. The van der Waals surface area contributed by atoms with Crippen LogP contribution in [0.25, 0.3) is 0 Å². The third-order valence-corrected chi connectivity index (χ3v) is 8.16. The van der Waals surface area contributed by atoms with Crippen LogP contribution in [-0.2, 0) is 34.0 Å². The summed E-state index contributed by atoms with van der Waals surface area (Å²) in [6.07, 6.45) is -9.64. The fourth-order valence-corrected chi connectivity index (χ4v) is 5.59. The molecule has 0 aliphatic carbocycles. The number of benzene rings is 3. The van der Waals surface area contributed by atoms with E-state index in [1.165, 1.54) is 11.8 Å². The molecule has 0 aromatic heterocycles. The van der Waals surface area contributed by atoms with Gasteiger partial charge >= 0.3 is 18.4 Å². The minimum absolute atomic E-state index is 0.0639. The lowest BCUT2D eigenvalue weighted by molar-refractivity contribution is -0.143. The first kappa shape index (κ1) is 33.6. The maximum Gasteiger partial charge on any atom is 0.416 e. The SMILES string of the molecule is C=CCC1(C#N)CC[C@@](CO[C@H](C)c2cc(C(F)(F)F)cc(C(F)(F)F)c2)(c2ccccc2)N(C(=O)OCc2ccccc2)C1. The molecule has 0 radical (unpaired) electrons. The Hall–Kier alpha value is -4.30. The van der Waals surface area contributed by atoms with Crippen LogP contribution >= 0.6 is 0 Å². The smallest absolute Gasteiger partial charge is 0.416 e. The Kier molecular flexibility index (Phi) is 9.98. The molecule has 45 heavy (non-hydrogen) atoms. The van der Waals surface area contributed by atoms with Gasteiger partial charge in [0.15, 0.2) is 0 Å². The van der Waals surface area contributed by atoms with Crippen molar-refractivity contribution in [2.45, 2.75) is 56.8 Å². The number of rotatable bonds is 9. The van der Waals surface area contributed by atoms with Gasteiger partial charge in [-0.15, -0.1) is 6.58 Å². The number of nitrogens with zero attached hydrogens (tertiary/aromatic N) is 2. The number of likely N-dealkylation sites (tertiary alicyclic amines) is 1. The highest BCUT2D eigenvalue weighted by atomic mass is 19.4. The molecule has 3 aromatic carbocycles. The fourth-order valence-electron chi connectivity index (χ4n) is 5.59. The minimum atomic E-state index is -5.02. The summed E-state index contributed by atoms with van der Waals surface area (Å²) in [6.45, 7) is 4.68. The van der Waals surface area contributed by atoms with Gasteiger partial charge in [-0.3, -0.25) is 4.90 Å². The van der Waals surface area contributed by atoms with Gasteiger partial charge < -0.3 is 9.47 Å². The van der Waals surface area contributed by atoms with Crippen molar-refractivity contribution in [3.63, 3.8) is 0 Å². The predicted octanol–water partition coefficient (Wildman–Crippen LogP) is 9.22. The third-order valence-electron chi connectivity index (χ3n) is 8.16. The molecule has 0 saturated carbocycles. The minimum Gasteiger partial charge on any atom is -0.445 e. The number of allylic oxidation sites excluding steroid dienone is 1. The highest BCUT2D eigenvalue weighted by Gasteiger charge is 2.52. The van der Waals surface area contributed by atoms with E-state index in [-0.39, 0.29) is 44.2 Å². The summed E-state index contributed by atoms with van der Waals surface area (Å²) in [5.41, 5.74) is -4.16. The normalized spacial score (nSPS) is 21.1. The number of carbonyl (C=O) groups is 1. The number of ether oxygens (including phenoxy) is 2. The number of alkyl halides is 6. The zero-order valence-electron chi connectivity index (χ0n) is 24.5. The van der Waals surface area contributed by atoms with Gasteiger partial charge in [0, 0.05) is 6.54 Å². The maximum absolute atomic E-state index is 13.9. The van der Waals surface area contributed by atoms with Crippen molar-refractivity contribution >= 4 is 6.09 Å². The Morgan fingerprint density at radius 3 is 2.09 bits per heavy atom. The van der Waals surface area contributed by atoms with Crippen LogP contribution in [0.1, 0.15) is 60.1 Å². The number of piperidine rings is 1. The molecule has 5 nitrogen and oxygen atoms in total. The van der Waals surface area contributed by atoms with E-state index < -0.39 is 46.6 Å². The van der Waals surface area contributed by atoms with Crippen LogP contribution in [0.5, 0.6) is 0 Å². The van der Waals surface area contributed by atoms with Gasteiger partial charge in [0.2, 0.25) is 0 Å². The Morgan fingerprint density at radius 2 is 1.56 bits per heavy atom. The average Bonchev–Trinajstić information content (AvgIpc) is 3.03. The van der Waals surface area contributed by atoms with E-state index in [1.807, 2.05) is 6.07 Å². The molecule has 1 aliphatic heterocycles. The zero-order valence-corrected chi connectivity index (χ0v) is 24.5. The van der Waals surface area contributed by atoms with Crippen LogP contribution < -0.4 is 0 Å². The number of carbonyl (C=O) groups excluding carboxylic acids is 1. The lowest BCUT2D eigenvalue weighted by atomic mass is 9.70. The second-order valence-corrected chi connectivity index (χ2v) is 11.2. The average molecular weight is 631 g/mol. The number of hydrogen-bond donors (Lipinski definition) is 0. The van der Waals surface area contributed by atoms with Crippen molar-refractivity contribution in [3.8, 4) is 6.07 Å². The number of halogens is 6. The molecule has 0 spiro atoms. The molecule has 3 aromatic rings. The van der Waals surface area contributed by atoms with Gasteiger partial charge in [-0.05, 0) is 61.1 Å². The van der Waals surface area contributed by atoms with Crippen molar-refractivity contribution in [1.82, 2.24) is 4.90 Å². The number of amides is 1. The highest BCUT2D eigenvalue weighted by molar-refractivity contribution is 5.70. The molecule has 0 bridgehead atoms.